The van der Waals surface area contributed by atoms with Gasteiger partial charge in [-0.25, -0.2) is 4.79 Å². The molecule has 0 heterocycles. The van der Waals surface area contributed by atoms with Gasteiger partial charge in [-0.3, -0.25) is 4.79 Å². The van der Waals surface area contributed by atoms with Crippen molar-refractivity contribution in [1.82, 2.24) is 10.6 Å². The number of ether oxygens (including phenoxy) is 2. The van der Waals surface area contributed by atoms with Gasteiger partial charge in [-0.15, -0.1) is 0 Å². The maximum atomic E-state index is 11.5. The zero-order valence-corrected chi connectivity index (χ0v) is 12.7. The highest BCUT2D eigenvalue weighted by atomic mass is 16.5. The van der Waals surface area contributed by atoms with E-state index >= 15 is 0 Å². The van der Waals surface area contributed by atoms with Crippen molar-refractivity contribution >= 4 is 11.8 Å². The Kier molecular flexibility index (Phi) is 7.08. The van der Waals surface area contributed by atoms with Crippen molar-refractivity contribution < 1.29 is 19.1 Å². The molecule has 0 aliphatic rings. The van der Waals surface area contributed by atoms with E-state index in [0.717, 1.165) is 5.56 Å². The number of carbonyl (C=O) groups excluding carboxylic acids is 2. The molecule has 0 bridgehead atoms. The summed E-state index contributed by atoms with van der Waals surface area (Å²) in [7, 11) is 3.17. The molecule has 0 saturated heterocycles. The summed E-state index contributed by atoms with van der Waals surface area (Å²) < 4.78 is 10.4. The van der Waals surface area contributed by atoms with Gasteiger partial charge in [0.1, 0.15) is 5.78 Å². The lowest BCUT2D eigenvalue weighted by molar-refractivity contribution is -0.116. The first-order chi connectivity index (χ1) is 10.1. The molecule has 0 unspecified atom stereocenters. The van der Waals surface area contributed by atoms with Crippen molar-refractivity contribution in [2.45, 2.75) is 19.8 Å². The summed E-state index contributed by atoms with van der Waals surface area (Å²) >= 11 is 0. The minimum atomic E-state index is -0.267. The number of hydrogen-bond acceptors (Lipinski definition) is 4. The van der Waals surface area contributed by atoms with Gasteiger partial charge in [-0.05, 0) is 31.0 Å². The SMILES string of the molecule is COc1ccc(CCNC(=O)NCCC(C)=O)cc1OC. The van der Waals surface area contributed by atoms with Gasteiger partial charge in [-0.1, -0.05) is 6.07 Å². The summed E-state index contributed by atoms with van der Waals surface area (Å²) in [5.74, 6) is 1.40. The van der Waals surface area contributed by atoms with Crippen LogP contribution in [0.1, 0.15) is 18.9 Å². The van der Waals surface area contributed by atoms with Crippen molar-refractivity contribution in [3.05, 3.63) is 23.8 Å². The number of rotatable bonds is 8. The summed E-state index contributed by atoms with van der Waals surface area (Å²) in [6, 6.07) is 5.38. The highest BCUT2D eigenvalue weighted by Gasteiger charge is 2.05. The van der Waals surface area contributed by atoms with Crippen LogP contribution in [0, 0.1) is 0 Å². The lowest BCUT2D eigenvalue weighted by Crippen LogP contribution is -2.37. The molecule has 21 heavy (non-hydrogen) atoms. The fourth-order valence-corrected chi connectivity index (χ4v) is 1.77. The van der Waals surface area contributed by atoms with Crippen molar-refractivity contribution in [1.29, 1.82) is 0 Å². The second-order valence-electron chi connectivity index (χ2n) is 4.57. The van der Waals surface area contributed by atoms with Crippen LogP contribution in [0.4, 0.5) is 4.79 Å². The molecule has 116 valence electrons. The van der Waals surface area contributed by atoms with Gasteiger partial charge >= 0.3 is 6.03 Å². The third-order valence-corrected chi connectivity index (χ3v) is 2.91. The van der Waals surface area contributed by atoms with E-state index in [1.165, 1.54) is 6.92 Å². The Labute approximate surface area is 124 Å². The number of carbonyl (C=O) groups is 2. The fraction of sp³-hybridized carbons (Fsp3) is 0.467. The fourth-order valence-electron chi connectivity index (χ4n) is 1.77. The number of hydrogen-bond donors (Lipinski definition) is 2. The third kappa shape index (κ3) is 6.16. The van der Waals surface area contributed by atoms with Crippen LogP contribution in [0.25, 0.3) is 0 Å². The smallest absolute Gasteiger partial charge is 0.314 e. The number of methoxy groups -OCH3 is 2. The van der Waals surface area contributed by atoms with Crippen molar-refractivity contribution in [3.8, 4) is 11.5 Å². The first-order valence-corrected chi connectivity index (χ1v) is 6.79. The van der Waals surface area contributed by atoms with Gasteiger partial charge < -0.3 is 20.1 Å². The lowest BCUT2D eigenvalue weighted by atomic mass is 10.1. The number of urea groups is 1. The van der Waals surface area contributed by atoms with Gasteiger partial charge in [0.05, 0.1) is 14.2 Å². The average molecular weight is 294 g/mol. The summed E-state index contributed by atoms with van der Waals surface area (Å²) in [6.45, 7) is 2.36. The normalized spacial score (nSPS) is 9.86. The summed E-state index contributed by atoms with van der Waals surface area (Å²) in [5, 5.41) is 5.36. The van der Waals surface area contributed by atoms with Crippen LogP contribution in [0.3, 0.4) is 0 Å². The zero-order valence-electron chi connectivity index (χ0n) is 12.7. The molecule has 1 rings (SSSR count). The molecule has 6 heteroatoms. The zero-order chi connectivity index (χ0) is 15.7. The van der Waals surface area contributed by atoms with Crippen LogP contribution in [0.2, 0.25) is 0 Å². The number of nitrogens with one attached hydrogen (secondary N) is 2. The molecule has 0 aliphatic heterocycles. The van der Waals surface area contributed by atoms with E-state index in [4.69, 9.17) is 9.47 Å². The van der Waals surface area contributed by atoms with Crippen LogP contribution >= 0.6 is 0 Å². The Morgan fingerprint density at radius 2 is 1.71 bits per heavy atom. The van der Waals surface area contributed by atoms with Crippen LogP contribution in [-0.2, 0) is 11.2 Å². The lowest BCUT2D eigenvalue weighted by Gasteiger charge is -2.10. The minimum absolute atomic E-state index is 0.0561. The molecule has 0 aliphatic carbocycles. The van der Waals surface area contributed by atoms with Gasteiger partial charge in [0, 0.05) is 19.5 Å². The second-order valence-corrected chi connectivity index (χ2v) is 4.57. The van der Waals surface area contributed by atoms with Crippen LogP contribution < -0.4 is 20.1 Å². The summed E-state index contributed by atoms with van der Waals surface area (Å²) in [6.07, 6.45) is 1.03. The highest BCUT2D eigenvalue weighted by Crippen LogP contribution is 2.27. The largest absolute Gasteiger partial charge is 0.493 e. The molecule has 0 radical (unpaired) electrons. The van der Waals surface area contributed by atoms with Gasteiger partial charge in [0.15, 0.2) is 11.5 Å². The number of ketones is 1. The van der Waals surface area contributed by atoms with E-state index in [1.54, 1.807) is 14.2 Å². The summed E-state index contributed by atoms with van der Waals surface area (Å²) in [4.78, 5) is 22.2. The minimum Gasteiger partial charge on any atom is -0.493 e. The van der Waals surface area contributed by atoms with E-state index in [9.17, 15) is 9.59 Å². The van der Waals surface area contributed by atoms with E-state index in [2.05, 4.69) is 10.6 Å². The van der Waals surface area contributed by atoms with Crippen molar-refractivity contribution in [3.63, 3.8) is 0 Å². The standard InChI is InChI=1S/C15H22N2O4/c1-11(18)6-8-16-15(19)17-9-7-12-4-5-13(20-2)14(10-12)21-3/h4-5,10H,6-9H2,1-3H3,(H2,16,17,19). The van der Waals surface area contributed by atoms with Crippen LogP contribution in [0.5, 0.6) is 11.5 Å². The predicted molar refractivity (Wildman–Crippen MR) is 79.9 cm³/mol. The Hall–Kier alpha value is -2.24. The topological polar surface area (TPSA) is 76.7 Å². The number of benzene rings is 1. The summed E-state index contributed by atoms with van der Waals surface area (Å²) in [5.41, 5.74) is 1.04. The Bertz CT molecular complexity index is 489. The molecule has 6 nitrogen and oxygen atoms in total. The van der Waals surface area contributed by atoms with Gasteiger partial charge in [0.25, 0.3) is 0 Å². The third-order valence-electron chi connectivity index (χ3n) is 2.91. The number of Topliss-reactive ketones (excluding diaryl/α,β-unsaturated/α-hetero) is 1. The van der Waals surface area contributed by atoms with Gasteiger partial charge in [0.2, 0.25) is 0 Å². The molecule has 0 fully saturated rings. The predicted octanol–water partition coefficient (Wildman–Crippen LogP) is 1.52. The molecule has 0 saturated carbocycles. The molecular weight excluding hydrogens is 272 g/mol. The van der Waals surface area contributed by atoms with Crippen molar-refractivity contribution in [2.24, 2.45) is 0 Å². The average Bonchev–Trinajstić information content (AvgIpc) is 2.46. The Morgan fingerprint density at radius 3 is 2.33 bits per heavy atom. The van der Waals surface area contributed by atoms with Crippen LogP contribution in [-0.4, -0.2) is 39.1 Å². The molecule has 2 amide bonds. The first-order valence-electron chi connectivity index (χ1n) is 6.79. The molecule has 2 N–H and O–H groups in total. The molecule has 0 spiro atoms. The maximum Gasteiger partial charge on any atom is 0.314 e. The molecule has 1 aromatic rings. The number of amides is 2. The van der Waals surface area contributed by atoms with Crippen molar-refractivity contribution in [2.75, 3.05) is 27.3 Å². The maximum absolute atomic E-state index is 11.5. The van der Waals surface area contributed by atoms with E-state index in [0.29, 0.717) is 37.4 Å². The quantitative estimate of drug-likeness (QED) is 0.762. The van der Waals surface area contributed by atoms with Crippen LogP contribution in [0.15, 0.2) is 18.2 Å². The molecule has 0 atom stereocenters. The van der Waals surface area contributed by atoms with E-state index in [1.807, 2.05) is 18.2 Å². The highest BCUT2D eigenvalue weighted by molar-refractivity contribution is 5.77. The molecular formula is C15H22N2O4. The monoisotopic (exact) mass is 294 g/mol. The van der Waals surface area contributed by atoms with E-state index in [-0.39, 0.29) is 11.8 Å². The Balaban J connectivity index is 2.35. The molecule has 1 aromatic carbocycles. The molecule has 0 aromatic heterocycles. The van der Waals surface area contributed by atoms with E-state index < -0.39 is 0 Å². The first kappa shape index (κ1) is 16.8. The second kappa shape index (κ2) is 8.84. The Morgan fingerprint density at radius 1 is 1.05 bits per heavy atom. The van der Waals surface area contributed by atoms with Gasteiger partial charge in [-0.2, -0.15) is 0 Å².